The monoisotopic (exact) mass is 314 g/mol. The Kier molecular flexibility index (Phi) is 6.66. The van der Waals surface area contributed by atoms with Crippen LogP contribution < -0.4 is 5.32 Å². The Balaban J connectivity index is 2.76. The van der Waals surface area contributed by atoms with Gasteiger partial charge in [0, 0.05) is 18.1 Å². The molecule has 0 aliphatic heterocycles. The highest BCUT2D eigenvalue weighted by atomic mass is 16.6. The van der Waals surface area contributed by atoms with Crippen molar-refractivity contribution in [2.45, 2.75) is 84.0 Å². The van der Waals surface area contributed by atoms with Crippen molar-refractivity contribution in [2.75, 3.05) is 6.54 Å². The average molecular weight is 314 g/mol. The van der Waals surface area contributed by atoms with Crippen molar-refractivity contribution < 1.29 is 19.4 Å². The molecule has 0 aromatic heterocycles. The lowest BCUT2D eigenvalue weighted by Gasteiger charge is -2.41. The third-order valence-corrected chi connectivity index (χ3v) is 3.84. The molecule has 1 rings (SSSR count). The normalized spacial score (nSPS) is 22.7. The van der Waals surface area contributed by atoms with E-state index in [-0.39, 0.29) is 24.7 Å². The summed E-state index contributed by atoms with van der Waals surface area (Å²) >= 11 is 0. The van der Waals surface area contributed by atoms with Crippen molar-refractivity contribution in [3.8, 4) is 0 Å². The average Bonchev–Trinajstić information content (AvgIpc) is 2.34. The van der Waals surface area contributed by atoms with Gasteiger partial charge in [0.25, 0.3) is 0 Å². The third kappa shape index (κ3) is 6.22. The molecule has 2 N–H and O–H groups in total. The molecule has 1 aliphatic rings. The molecule has 1 amide bonds. The Morgan fingerprint density at radius 2 is 1.86 bits per heavy atom. The summed E-state index contributed by atoms with van der Waals surface area (Å²) in [4.78, 5) is 25.1. The molecular weight excluding hydrogens is 284 g/mol. The predicted molar refractivity (Wildman–Crippen MR) is 84.9 cm³/mol. The van der Waals surface area contributed by atoms with Crippen LogP contribution in [0.4, 0.5) is 4.79 Å². The van der Waals surface area contributed by atoms with E-state index in [0.29, 0.717) is 0 Å². The van der Waals surface area contributed by atoms with Gasteiger partial charge in [-0.2, -0.15) is 0 Å². The highest BCUT2D eigenvalue weighted by molar-refractivity contribution is 5.69. The van der Waals surface area contributed by atoms with Gasteiger partial charge < -0.3 is 15.2 Å². The number of hydrogen-bond donors (Lipinski definition) is 2. The van der Waals surface area contributed by atoms with Crippen LogP contribution in [0.3, 0.4) is 0 Å². The van der Waals surface area contributed by atoms with Gasteiger partial charge in [-0.15, -0.1) is 0 Å². The number of hydrogen-bond acceptors (Lipinski definition) is 4. The number of rotatable bonds is 5. The van der Waals surface area contributed by atoms with E-state index in [9.17, 15) is 9.59 Å². The first-order chi connectivity index (χ1) is 10.1. The van der Waals surface area contributed by atoms with Crippen LogP contribution in [0.2, 0.25) is 0 Å². The van der Waals surface area contributed by atoms with Gasteiger partial charge in [-0.1, -0.05) is 12.8 Å². The maximum Gasteiger partial charge on any atom is 0.407 e. The van der Waals surface area contributed by atoms with Gasteiger partial charge in [-0.05, 0) is 47.5 Å². The number of amides is 1. The zero-order valence-corrected chi connectivity index (χ0v) is 14.4. The molecule has 0 unspecified atom stereocenters. The number of ether oxygens (including phenoxy) is 1. The number of nitrogens with one attached hydrogen (secondary N) is 1. The summed E-state index contributed by atoms with van der Waals surface area (Å²) in [5.74, 6) is -0.838. The Morgan fingerprint density at radius 3 is 2.36 bits per heavy atom. The van der Waals surface area contributed by atoms with Crippen molar-refractivity contribution >= 4 is 12.1 Å². The van der Waals surface area contributed by atoms with E-state index in [0.717, 1.165) is 25.7 Å². The van der Waals surface area contributed by atoms with E-state index in [4.69, 9.17) is 9.84 Å². The van der Waals surface area contributed by atoms with Crippen LogP contribution in [0.1, 0.15) is 60.3 Å². The summed E-state index contributed by atoms with van der Waals surface area (Å²) in [6.45, 7) is 9.46. The summed E-state index contributed by atoms with van der Waals surface area (Å²) in [7, 11) is 0. The first-order valence-corrected chi connectivity index (χ1v) is 8.07. The maximum atomic E-state index is 12.0. The smallest absolute Gasteiger partial charge is 0.407 e. The topological polar surface area (TPSA) is 78.9 Å². The van der Waals surface area contributed by atoms with Crippen LogP contribution in [-0.4, -0.2) is 52.3 Å². The summed E-state index contributed by atoms with van der Waals surface area (Å²) in [5.41, 5.74) is -0.535. The van der Waals surface area contributed by atoms with Crippen LogP contribution in [-0.2, 0) is 9.53 Å². The van der Waals surface area contributed by atoms with E-state index < -0.39 is 17.7 Å². The molecule has 1 saturated carbocycles. The van der Waals surface area contributed by atoms with Crippen LogP contribution in [0.25, 0.3) is 0 Å². The van der Waals surface area contributed by atoms with Crippen LogP contribution in [0.5, 0.6) is 0 Å². The number of carbonyl (C=O) groups excluding carboxylic acids is 1. The molecule has 0 bridgehead atoms. The molecule has 2 atom stereocenters. The van der Waals surface area contributed by atoms with Gasteiger partial charge in [0.05, 0.1) is 6.54 Å². The van der Waals surface area contributed by atoms with Crippen molar-refractivity contribution in [2.24, 2.45) is 0 Å². The second-order valence-electron chi connectivity index (χ2n) is 7.26. The molecule has 0 aromatic carbocycles. The molecule has 0 radical (unpaired) electrons. The van der Waals surface area contributed by atoms with E-state index >= 15 is 0 Å². The SMILES string of the molecule is CC(C)N(CC(=O)O)[C@H]1CCCC[C@H]1NC(=O)OC(C)(C)C. The van der Waals surface area contributed by atoms with Crippen molar-refractivity contribution in [1.29, 1.82) is 0 Å². The number of nitrogens with zero attached hydrogens (tertiary/aromatic N) is 1. The van der Waals surface area contributed by atoms with E-state index in [1.54, 1.807) is 0 Å². The van der Waals surface area contributed by atoms with Crippen LogP contribution >= 0.6 is 0 Å². The van der Waals surface area contributed by atoms with Crippen LogP contribution in [0, 0.1) is 0 Å². The van der Waals surface area contributed by atoms with Gasteiger partial charge in [0.15, 0.2) is 0 Å². The third-order valence-electron chi connectivity index (χ3n) is 3.84. The van der Waals surface area contributed by atoms with Crippen molar-refractivity contribution in [3.05, 3.63) is 0 Å². The number of alkyl carbamates (subject to hydrolysis) is 1. The first-order valence-electron chi connectivity index (χ1n) is 8.07. The second-order valence-corrected chi connectivity index (χ2v) is 7.26. The molecule has 1 aliphatic carbocycles. The number of aliphatic carboxylic acids is 1. The summed E-state index contributed by atoms with van der Waals surface area (Å²) in [6.07, 6.45) is 3.41. The molecule has 6 nitrogen and oxygen atoms in total. The van der Waals surface area contributed by atoms with Gasteiger partial charge in [0.1, 0.15) is 5.60 Å². The molecule has 6 heteroatoms. The molecule has 0 saturated heterocycles. The number of carboxylic acid groups (broad SMARTS) is 1. The lowest BCUT2D eigenvalue weighted by atomic mass is 9.88. The highest BCUT2D eigenvalue weighted by Gasteiger charge is 2.34. The maximum absolute atomic E-state index is 12.0. The molecule has 0 heterocycles. The Labute approximate surface area is 133 Å². The Hall–Kier alpha value is -1.30. The minimum absolute atomic E-state index is 0.00513. The highest BCUT2D eigenvalue weighted by Crippen LogP contribution is 2.25. The Bertz CT molecular complexity index is 390. The largest absolute Gasteiger partial charge is 0.480 e. The summed E-state index contributed by atoms with van der Waals surface area (Å²) < 4.78 is 5.33. The molecule has 128 valence electrons. The lowest BCUT2D eigenvalue weighted by molar-refractivity contribution is -0.139. The molecule has 22 heavy (non-hydrogen) atoms. The fraction of sp³-hybridized carbons (Fsp3) is 0.875. The van der Waals surface area contributed by atoms with Gasteiger partial charge in [0.2, 0.25) is 0 Å². The van der Waals surface area contributed by atoms with E-state index in [1.165, 1.54) is 0 Å². The molecular formula is C16H30N2O4. The summed E-state index contributed by atoms with van der Waals surface area (Å²) in [5, 5.41) is 12.1. The minimum atomic E-state index is -0.838. The van der Waals surface area contributed by atoms with Gasteiger partial charge >= 0.3 is 12.1 Å². The van der Waals surface area contributed by atoms with E-state index in [2.05, 4.69) is 5.32 Å². The van der Waals surface area contributed by atoms with Gasteiger partial charge in [-0.3, -0.25) is 9.69 Å². The minimum Gasteiger partial charge on any atom is -0.480 e. The van der Waals surface area contributed by atoms with E-state index in [1.807, 2.05) is 39.5 Å². The zero-order valence-electron chi connectivity index (χ0n) is 14.4. The molecule has 0 aromatic rings. The first kappa shape index (κ1) is 18.7. The number of carbonyl (C=O) groups is 2. The van der Waals surface area contributed by atoms with Gasteiger partial charge in [-0.25, -0.2) is 4.79 Å². The molecule has 1 fully saturated rings. The zero-order chi connectivity index (χ0) is 16.9. The fourth-order valence-electron chi connectivity index (χ4n) is 2.97. The van der Waals surface area contributed by atoms with Crippen molar-refractivity contribution in [3.63, 3.8) is 0 Å². The summed E-state index contributed by atoms with van der Waals surface area (Å²) in [6, 6.07) is 0.0878. The molecule has 0 spiro atoms. The number of carboxylic acids is 1. The van der Waals surface area contributed by atoms with Crippen molar-refractivity contribution in [1.82, 2.24) is 10.2 Å². The van der Waals surface area contributed by atoms with Crippen LogP contribution in [0.15, 0.2) is 0 Å². The fourth-order valence-corrected chi connectivity index (χ4v) is 2.97. The quantitative estimate of drug-likeness (QED) is 0.815. The predicted octanol–water partition coefficient (Wildman–Crippen LogP) is 2.62. The lowest BCUT2D eigenvalue weighted by Crippen LogP contribution is -2.56. The second kappa shape index (κ2) is 7.81. The standard InChI is InChI=1S/C16H30N2O4/c1-11(2)18(10-14(19)20)13-9-7-6-8-12(13)17-15(21)22-16(3,4)5/h11-13H,6-10H2,1-5H3,(H,17,21)(H,19,20)/t12-,13+/m1/s1. The Morgan fingerprint density at radius 1 is 1.27 bits per heavy atom.